The number of aromatic nitrogens is 1. The standard InChI is InChI=1S/C25H26N2O3/c1-4-25(30)27(3)21-11-8-19(9-12-21)20-10-13-22(24(29)15-20)23(28)14-7-18-6-5-17(2)26-16-18/h5-6,8-13,15-16,29H,4,7,14H2,1-3H3. The van der Waals surface area contributed by atoms with Crippen LogP contribution >= 0.6 is 0 Å². The third kappa shape index (κ3) is 4.92. The van der Waals surface area contributed by atoms with Crippen LogP contribution < -0.4 is 4.90 Å². The van der Waals surface area contributed by atoms with E-state index in [1.54, 1.807) is 30.3 Å². The molecule has 5 nitrogen and oxygen atoms in total. The van der Waals surface area contributed by atoms with Gasteiger partial charge in [0.15, 0.2) is 5.78 Å². The SMILES string of the molecule is CCC(=O)N(C)c1ccc(-c2ccc(C(=O)CCc3ccc(C)nc3)c(O)c2)cc1. The van der Waals surface area contributed by atoms with Gasteiger partial charge in [0.05, 0.1) is 5.56 Å². The highest BCUT2D eigenvalue weighted by atomic mass is 16.3. The van der Waals surface area contributed by atoms with E-state index in [4.69, 9.17) is 0 Å². The smallest absolute Gasteiger partial charge is 0.226 e. The molecule has 3 rings (SSSR count). The zero-order valence-electron chi connectivity index (χ0n) is 17.6. The Morgan fingerprint density at radius 3 is 2.30 bits per heavy atom. The van der Waals surface area contributed by atoms with Crippen LogP contribution in [0.25, 0.3) is 11.1 Å². The highest BCUT2D eigenvalue weighted by Crippen LogP contribution is 2.29. The van der Waals surface area contributed by atoms with Gasteiger partial charge in [0.1, 0.15) is 5.75 Å². The van der Waals surface area contributed by atoms with Gasteiger partial charge in [-0.3, -0.25) is 14.6 Å². The lowest BCUT2D eigenvalue weighted by molar-refractivity contribution is -0.118. The quantitative estimate of drug-likeness (QED) is 0.568. The molecule has 1 aromatic heterocycles. The molecule has 0 spiro atoms. The van der Waals surface area contributed by atoms with Crippen molar-refractivity contribution in [3.8, 4) is 16.9 Å². The molecule has 0 aliphatic heterocycles. The number of benzene rings is 2. The van der Waals surface area contributed by atoms with Gasteiger partial charge in [0, 0.05) is 37.5 Å². The zero-order chi connectivity index (χ0) is 21.7. The summed E-state index contributed by atoms with van der Waals surface area (Å²) in [6.07, 6.45) is 3.12. The number of aromatic hydroxyl groups is 1. The molecule has 2 aromatic carbocycles. The summed E-state index contributed by atoms with van der Waals surface area (Å²) < 4.78 is 0. The number of phenolic OH excluding ortho intramolecular Hbond substituents is 1. The molecule has 0 radical (unpaired) electrons. The number of Topliss-reactive ketones (excluding diaryl/α,β-unsaturated/α-hetero) is 1. The summed E-state index contributed by atoms with van der Waals surface area (Å²) in [5.74, 6) is -0.0822. The number of hydrogen-bond donors (Lipinski definition) is 1. The minimum atomic E-state index is -0.102. The maximum absolute atomic E-state index is 12.5. The number of ketones is 1. The lowest BCUT2D eigenvalue weighted by atomic mass is 9.98. The lowest BCUT2D eigenvalue weighted by Gasteiger charge is -2.17. The Hall–Kier alpha value is -3.47. The van der Waals surface area contributed by atoms with Crippen LogP contribution in [-0.2, 0) is 11.2 Å². The van der Waals surface area contributed by atoms with Gasteiger partial charge in [0.25, 0.3) is 0 Å². The maximum atomic E-state index is 12.5. The molecule has 1 N–H and O–H groups in total. The monoisotopic (exact) mass is 402 g/mol. The molecule has 3 aromatic rings. The topological polar surface area (TPSA) is 70.5 Å². The second-order valence-corrected chi connectivity index (χ2v) is 7.32. The molecule has 0 saturated carbocycles. The predicted octanol–water partition coefficient (Wildman–Crippen LogP) is 4.95. The van der Waals surface area contributed by atoms with Crippen molar-refractivity contribution in [3.63, 3.8) is 0 Å². The number of phenols is 1. The molecular formula is C25H26N2O3. The summed E-state index contributed by atoms with van der Waals surface area (Å²) in [5, 5.41) is 10.4. The highest BCUT2D eigenvalue weighted by Gasteiger charge is 2.13. The van der Waals surface area contributed by atoms with Gasteiger partial charge in [-0.2, -0.15) is 0 Å². The van der Waals surface area contributed by atoms with Crippen LogP contribution in [0.1, 0.15) is 41.4 Å². The first kappa shape index (κ1) is 21.2. The third-order valence-corrected chi connectivity index (χ3v) is 5.18. The number of pyridine rings is 1. The fourth-order valence-corrected chi connectivity index (χ4v) is 3.24. The van der Waals surface area contributed by atoms with Crippen LogP contribution in [0.3, 0.4) is 0 Å². The summed E-state index contributed by atoms with van der Waals surface area (Å²) in [6.45, 7) is 3.75. The molecule has 30 heavy (non-hydrogen) atoms. The molecule has 0 fully saturated rings. The largest absolute Gasteiger partial charge is 0.507 e. The van der Waals surface area contributed by atoms with Gasteiger partial charge in [-0.1, -0.05) is 31.2 Å². The fourth-order valence-electron chi connectivity index (χ4n) is 3.24. The van der Waals surface area contributed by atoms with E-state index in [2.05, 4.69) is 4.98 Å². The van der Waals surface area contributed by atoms with Gasteiger partial charge in [-0.25, -0.2) is 0 Å². The second kappa shape index (κ2) is 9.35. The summed E-state index contributed by atoms with van der Waals surface area (Å²) in [4.78, 5) is 30.2. The molecule has 5 heteroatoms. The Balaban J connectivity index is 1.70. The maximum Gasteiger partial charge on any atom is 0.226 e. The van der Waals surface area contributed by atoms with E-state index in [0.717, 1.165) is 28.1 Å². The molecule has 1 amide bonds. The van der Waals surface area contributed by atoms with Crippen LogP contribution in [0.5, 0.6) is 5.75 Å². The van der Waals surface area contributed by atoms with Gasteiger partial charge >= 0.3 is 0 Å². The Morgan fingerprint density at radius 2 is 1.70 bits per heavy atom. The molecule has 0 aliphatic rings. The van der Waals surface area contributed by atoms with Gasteiger partial charge < -0.3 is 10.0 Å². The first-order valence-corrected chi connectivity index (χ1v) is 10.0. The van der Waals surface area contributed by atoms with Crippen molar-refractivity contribution in [3.05, 3.63) is 77.6 Å². The first-order valence-electron chi connectivity index (χ1n) is 10.0. The Kier molecular flexibility index (Phi) is 6.62. The van der Waals surface area contributed by atoms with Crippen molar-refractivity contribution in [2.45, 2.75) is 33.1 Å². The third-order valence-electron chi connectivity index (χ3n) is 5.18. The zero-order valence-corrected chi connectivity index (χ0v) is 17.6. The molecule has 154 valence electrons. The summed E-state index contributed by atoms with van der Waals surface area (Å²) in [6, 6.07) is 16.5. The van der Waals surface area contributed by atoms with Crippen LogP contribution in [0.15, 0.2) is 60.8 Å². The number of rotatable bonds is 7. The molecule has 0 atom stereocenters. The molecular weight excluding hydrogens is 376 g/mol. The van der Waals surface area contributed by atoms with Gasteiger partial charge in [-0.05, 0) is 60.4 Å². The molecule has 0 saturated heterocycles. The number of carbonyl (C=O) groups excluding carboxylic acids is 2. The fraction of sp³-hybridized carbons (Fsp3) is 0.240. The van der Waals surface area contributed by atoms with Crippen molar-refractivity contribution in [1.29, 1.82) is 0 Å². The minimum Gasteiger partial charge on any atom is -0.507 e. The van der Waals surface area contributed by atoms with E-state index in [1.165, 1.54) is 0 Å². The number of carbonyl (C=O) groups is 2. The average molecular weight is 402 g/mol. The van der Waals surface area contributed by atoms with Crippen LogP contribution in [0.4, 0.5) is 5.69 Å². The van der Waals surface area contributed by atoms with Crippen molar-refractivity contribution in [1.82, 2.24) is 4.98 Å². The number of aryl methyl sites for hydroxylation is 2. The highest BCUT2D eigenvalue weighted by molar-refractivity contribution is 5.99. The van der Waals surface area contributed by atoms with Crippen LogP contribution in [-0.4, -0.2) is 28.8 Å². The van der Waals surface area contributed by atoms with Gasteiger partial charge in [0.2, 0.25) is 5.91 Å². The van der Waals surface area contributed by atoms with Crippen molar-refractivity contribution in [2.75, 3.05) is 11.9 Å². The Bertz CT molecular complexity index is 1040. The van der Waals surface area contributed by atoms with Crippen molar-refractivity contribution in [2.24, 2.45) is 0 Å². The molecule has 0 aliphatic carbocycles. The van der Waals surface area contributed by atoms with E-state index >= 15 is 0 Å². The normalized spacial score (nSPS) is 10.6. The molecule has 1 heterocycles. The van der Waals surface area contributed by atoms with E-state index in [-0.39, 0.29) is 17.4 Å². The second-order valence-electron chi connectivity index (χ2n) is 7.32. The van der Waals surface area contributed by atoms with Crippen LogP contribution in [0.2, 0.25) is 0 Å². The number of anilines is 1. The van der Waals surface area contributed by atoms with Crippen LogP contribution in [0, 0.1) is 6.92 Å². The van der Waals surface area contributed by atoms with E-state index < -0.39 is 0 Å². The molecule has 0 unspecified atom stereocenters. The predicted molar refractivity (Wildman–Crippen MR) is 119 cm³/mol. The number of hydrogen-bond acceptors (Lipinski definition) is 4. The number of nitrogens with zero attached hydrogens (tertiary/aromatic N) is 2. The van der Waals surface area contributed by atoms with Gasteiger partial charge in [-0.15, -0.1) is 0 Å². The Labute approximate surface area is 177 Å². The van der Waals surface area contributed by atoms with E-state index in [9.17, 15) is 14.7 Å². The molecule has 0 bridgehead atoms. The Morgan fingerprint density at radius 1 is 1.00 bits per heavy atom. The summed E-state index contributed by atoms with van der Waals surface area (Å²) in [7, 11) is 1.75. The lowest BCUT2D eigenvalue weighted by Crippen LogP contribution is -2.24. The van der Waals surface area contributed by atoms with E-state index in [0.29, 0.717) is 24.8 Å². The minimum absolute atomic E-state index is 0.0260. The van der Waals surface area contributed by atoms with E-state index in [1.807, 2.05) is 56.3 Å². The number of amides is 1. The van der Waals surface area contributed by atoms with Crippen molar-refractivity contribution < 1.29 is 14.7 Å². The average Bonchev–Trinajstić information content (AvgIpc) is 2.77. The summed E-state index contributed by atoms with van der Waals surface area (Å²) in [5.41, 5.74) is 4.78. The van der Waals surface area contributed by atoms with Crippen molar-refractivity contribution >= 4 is 17.4 Å². The first-order chi connectivity index (χ1) is 14.4. The summed E-state index contributed by atoms with van der Waals surface area (Å²) >= 11 is 0.